The number of benzene rings is 3. The Balaban J connectivity index is 0.000000251. The first-order valence-corrected chi connectivity index (χ1v) is 18.2. The zero-order chi connectivity index (χ0) is 39.5. The average molecular weight is 801 g/mol. The molecule has 2 heterocycles. The highest BCUT2D eigenvalue weighted by Gasteiger charge is 2.52. The third kappa shape index (κ3) is 10.1. The Morgan fingerprint density at radius 3 is 2.02 bits per heavy atom. The maximum Gasteiger partial charge on any atom is 0.494 e. The van der Waals surface area contributed by atoms with Crippen molar-refractivity contribution in [2.24, 2.45) is 0 Å². The first-order valence-electron chi connectivity index (χ1n) is 17.4. The Bertz CT molecular complexity index is 1870. The summed E-state index contributed by atoms with van der Waals surface area (Å²) in [7, 11) is 2.58. The van der Waals surface area contributed by atoms with Crippen molar-refractivity contribution >= 4 is 34.5 Å². The number of rotatable bonds is 10. The monoisotopic (exact) mass is 799 g/mol. The van der Waals surface area contributed by atoms with E-state index in [1.807, 2.05) is 84.0 Å². The lowest BCUT2D eigenvalue weighted by Crippen LogP contribution is -2.41. The quantitative estimate of drug-likeness (QED) is 0.117. The van der Waals surface area contributed by atoms with Gasteiger partial charge in [-0.05, 0) is 114 Å². The lowest BCUT2D eigenvalue weighted by molar-refractivity contribution is -0.153. The number of nitrogens with zero attached hydrogens (tertiary/aromatic N) is 1. The van der Waals surface area contributed by atoms with E-state index in [-0.39, 0.29) is 29.5 Å². The van der Waals surface area contributed by atoms with E-state index in [1.165, 1.54) is 18.7 Å². The van der Waals surface area contributed by atoms with Crippen LogP contribution in [0.5, 0.6) is 5.75 Å². The fraction of sp³-hybridized carbons (Fsp3) is 0.439. The molecular weight excluding hydrogens is 750 g/mol. The molecule has 1 aliphatic rings. The number of carbonyl (C=O) groups excluding carboxylic acids is 1. The van der Waals surface area contributed by atoms with E-state index in [9.17, 15) is 18.0 Å². The van der Waals surface area contributed by atoms with Crippen molar-refractivity contribution in [2.45, 2.75) is 105 Å². The number of ether oxygens (including phenoxy) is 2. The molecule has 0 bridgehead atoms. The molecule has 1 fully saturated rings. The topological polar surface area (TPSA) is 70.4 Å². The minimum Gasteiger partial charge on any atom is -0.496 e. The molecule has 1 aromatic heterocycles. The molecule has 3 aromatic carbocycles. The van der Waals surface area contributed by atoms with Crippen LogP contribution in [-0.2, 0) is 50.1 Å². The van der Waals surface area contributed by atoms with Gasteiger partial charge in [-0.2, -0.15) is 13.2 Å². The number of aryl methyl sites for hydroxylation is 3. The van der Waals surface area contributed by atoms with Crippen molar-refractivity contribution in [3.63, 3.8) is 0 Å². The largest absolute Gasteiger partial charge is 0.496 e. The highest BCUT2D eigenvalue weighted by atomic mass is 79.9. The molecule has 286 valence electrons. The van der Waals surface area contributed by atoms with Crippen molar-refractivity contribution in [3.8, 4) is 5.75 Å². The molecule has 1 aliphatic heterocycles. The van der Waals surface area contributed by atoms with Crippen LogP contribution < -0.4 is 10.2 Å². The van der Waals surface area contributed by atoms with Crippen LogP contribution in [0.25, 0.3) is 0 Å². The second kappa shape index (κ2) is 16.4. The molecule has 1 saturated heterocycles. The van der Waals surface area contributed by atoms with E-state index in [1.54, 1.807) is 7.11 Å². The molecule has 0 radical (unpaired) electrons. The van der Waals surface area contributed by atoms with Crippen molar-refractivity contribution in [1.82, 2.24) is 4.90 Å². The summed E-state index contributed by atoms with van der Waals surface area (Å²) in [6.07, 6.45) is -4.50. The predicted molar refractivity (Wildman–Crippen MR) is 205 cm³/mol. The number of hydrogen-bond acceptors (Lipinski definition) is 7. The maximum absolute atomic E-state index is 13.0. The smallest absolute Gasteiger partial charge is 0.494 e. The summed E-state index contributed by atoms with van der Waals surface area (Å²) in [4.78, 5) is 14.1. The fourth-order valence-corrected chi connectivity index (χ4v) is 6.54. The maximum atomic E-state index is 13.0. The van der Waals surface area contributed by atoms with Crippen LogP contribution in [0.4, 0.5) is 13.2 Å². The summed E-state index contributed by atoms with van der Waals surface area (Å²) >= 11 is 3.44. The van der Waals surface area contributed by atoms with E-state index in [0.29, 0.717) is 18.8 Å². The van der Waals surface area contributed by atoms with Gasteiger partial charge >= 0.3 is 19.3 Å². The predicted octanol–water partition coefficient (Wildman–Crippen LogP) is 9.63. The third-order valence-corrected chi connectivity index (χ3v) is 10.5. The molecule has 0 unspecified atom stereocenters. The zero-order valence-corrected chi connectivity index (χ0v) is 34.0. The average Bonchev–Trinajstić information content (AvgIpc) is 3.64. The number of methoxy groups -OCH3 is 2. The summed E-state index contributed by atoms with van der Waals surface area (Å²) in [6, 6.07) is 20.1. The van der Waals surface area contributed by atoms with Crippen molar-refractivity contribution < 1.29 is 41.2 Å². The molecule has 0 amide bonds. The van der Waals surface area contributed by atoms with E-state index < -0.39 is 24.5 Å². The molecule has 0 saturated carbocycles. The van der Waals surface area contributed by atoms with Gasteiger partial charge in [0.25, 0.3) is 0 Å². The van der Waals surface area contributed by atoms with E-state index in [0.717, 1.165) is 43.8 Å². The Labute approximate surface area is 320 Å². The fourth-order valence-electron chi connectivity index (χ4n) is 6.20. The summed E-state index contributed by atoms with van der Waals surface area (Å²) in [5.41, 5.74) is 5.90. The van der Waals surface area contributed by atoms with Crippen LogP contribution in [0.3, 0.4) is 0 Å². The van der Waals surface area contributed by atoms with E-state index in [2.05, 4.69) is 53.7 Å². The van der Waals surface area contributed by atoms with Crippen LogP contribution in [0.1, 0.15) is 86.4 Å². The molecule has 0 aliphatic carbocycles. The molecule has 5 rings (SSSR count). The molecular formula is C41H50BBrF3NO6. The van der Waals surface area contributed by atoms with E-state index >= 15 is 0 Å². The van der Waals surface area contributed by atoms with Crippen LogP contribution >= 0.6 is 15.9 Å². The number of alkyl halides is 3. The van der Waals surface area contributed by atoms with Gasteiger partial charge in [-0.3, -0.25) is 9.69 Å². The van der Waals surface area contributed by atoms with Crippen molar-refractivity contribution in [2.75, 3.05) is 14.2 Å². The molecule has 12 heteroatoms. The van der Waals surface area contributed by atoms with Gasteiger partial charge in [0.05, 0.1) is 37.4 Å². The molecule has 53 heavy (non-hydrogen) atoms. The second-order valence-electron chi connectivity index (χ2n) is 15.1. The highest BCUT2D eigenvalue weighted by molar-refractivity contribution is 9.10. The minimum absolute atomic E-state index is 0.238. The first-order chi connectivity index (χ1) is 24.6. The van der Waals surface area contributed by atoms with Crippen molar-refractivity contribution in [3.05, 3.63) is 116 Å². The van der Waals surface area contributed by atoms with E-state index in [4.69, 9.17) is 23.2 Å². The van der Waals surface area contributed by atoms with Crippen LogP contribution in [0.15, 0.2) is 75.6 Å². The summed E-state index contributed by atoms with van der Waals surface area (Å²) in [5, 5.41) is 0. The number of esters is 1. The zero-order valence-electron chi connectivity index (χ0n) is 32.5. The lowest BCUT2D eigenvalue weighted by Gasteiger charge is -2.32. The lowest BCUT2D eigenvalue weighted by atomic mass is 9.75. The number of furan rings is 1. The van der Waals surface area contributed by atoms with Gasteiger partial charge in [0.1, 0.15) is 11.5 Å². The van der Waals surface area contributed by atoms with Gasteiger partial charge in [0, 0.05) is 23.1 Å². The number of hydrogen-bond donors (Lipinski definition) is 0. The summed E-state index contributed by atoms with van der Waals surface area (Å²) < 4.78 is 67.5. The Hall–Kier alpha value is -3.58. The number of carbonyl (C=O) groups is 1. The third-order valence-electron chi connectivity index (χ3n) is 10.0. The SMILES string of the molecule is COC(=O)C(C)(C)c1cccc(B2OC(C)(C)C(C)(C)O2)c1.COc1cc(Br)ccc1CN(Cc1ccc(C(F)(F)F)o1)Cc1c(C)cc(C)cc1C. The molecule has 4 aromatic rings. The Morgan fingerprint density at radius 2 is 1.47 bits per heavy atom. The van der Waals surface area contributed by atoms with Crippen molar-refractivity contribution in [1.29, 1.82) is 0 Å². The Morgan fingerprint density at radius 1 is 0.849 bits per heavy atom. The molecule has 0 spiro atoms. The van der Waals surface area contributed by atoms with Crippen LogP contribution in [0, 0.1) is 20.8 Å². The molecule has 0 N–H and O–H groups in total. The van der Waals surface area contributed by atoms with Gasteiger partial charge in [-0.15, -0.1) is 0 Å². The normalized spacial score (nSPS) is 15.3. The minimum atomic E-state index is -4.50. The van der Waals surface area contributed by atoms with Gasteiger partial charge < -0.3 is 23.2 Å². The standard InChI is InChI=1S/C24H25BrF3NO2.C17H25BO4/c1-15-9-16(2)21(17(3)10-15)14-29(12-18-5-6-19(25)11-22(18)30-4)13-20-7-8-23(31-20)24(26,27)28;1-15(2,14(19)20-7)12-9-8-10-13(11-12)18-21-16(3,4)17(5,6)22-18/h5-11H,12-14H2,1-4H3;8-11H,1-7H3. The molecule has 0 atom stereocenters. The second-order valence-corrected chi connectivity index (χ2v) is 16.0. The van der Waals surface area contributed by atoms with Crippen LogP contribution in [-0.4, -0.2) is 43.4 Å². The first kappa shape index (κ1) is 42.2. The van der Waals surface area contributed by atoms with Gasteiger partial charge in [-0.25, -0.2) is 0 Å². The summed E-state index contributed by atoms with van der Waals surface area (Å²) in [5.74, 6) is -0.261. The highest BCUT2D eigenvalue weighted by Crippen LogP contribution is 2.37. The molecule has 7 nitrogen and oxygen atoms in total. The van der Waals surface area contributed by atoms with Crippen LogP contribution in [0.2, 0.25) is 0 Å². The van der Waals surface area contributed by atoms with Gasteiger partial charge in [0.15, 0.2) is 0 Å². The number of halogens is 4. The summed E-state index contributed by atoms with van der Waals surface area (Å²) in [6.45, 7) is 19.3. The van der Waals surface area contributed by atoms with Gasteiger partial charge in [-0.1, -0.05) is 64.0 Å². The Kier molecular flexibility index (Phi) is 13.1. The van der Waals surface area contributed by atoms with Gasteiger partial charge in [0.2, 0.25) is 5.76 Å².